The third kappa shape index (κ3) is 6.62. The molecule has 1 unspecified atom stereocenters. The van der Waals surface area contributed by atoms with Gasteiger partial charge in [0.05, 0.1) is 36.1 Å². The summed E-state index contributed by atoms with van der Waals surface area (Å²) in [5, 5.41) is 11.1. The second-order valence-corrected chi connectivity index (χ2v) is 9.04. The molecule has 0 aliphatic carbocycles. The zero-order valence-corrected chi connectivity index (χ0v) is 21.8. The van der Waals surface area contributed by atoms with Crippen molar-refractivity contribution in [2.45, 2.75) is 40.5 Å². The molecule has 5 rings (SSSR count). The number of rotatable bonds is 5. The van der Waals surface area contributed by atoms with Crippen LogP contribution >= 0.6 is 11.5 Å². The normalized spacial score (nSPS) is 15.9. The molecule has 1 saturated heterocycles. The number of hydrogen-bond acceptors (Lipinski definition) is 8. The van der Waals surface area contributed by atoms with E-state index in [1.54, 1.807) is 13.3 Å². The van der Waals surface area contributed by atoms with E-state index in [-0.39, 0.29) is 0 Å². The van der Waals surface area contributed by atoms with E-state index in [9.17, 15) is 0 Å². The van der Waals surface area contributed by atoms with E-state index in [1.165, 1.54) is 37.5 Å². The van der Waals surface area contributed by atoms with Gasteiger partial charge in [0.2, 0.25) is 0 Å². The van der Waals surface area contributed by atoms with Crippen LogP contribution in [0, 0.1) is 19.8 Å². The fourth-order valence-electron chi connectivity index (χ4n) is 3.98. The average Bonchev–Trinajstić information content (AvgIpc) is 3.57. The van der Waals surface area contributed by atoms with E-state index < -0.39 is 0 Å². The number of anilines is 2. The molecule has 1 atom stereocenters. The number of methoxy groups -OCH3 is 1. The summed E-state index contributed by atoms with van der Waals surface area (Å²) in [4.78, 5) is 11.4. The van der Waals surface area contributed by atoms with Crippen molar-refractivity contribution in [2.24, 2.45) is 5.92 Å². The zero-order valence-electron chi connectivity index (χ0n) is 21.0. The van der Waals surface area contributed by atoms with Gasteiger partial charge in [0.25, 0.3) is 0 Å². The van der Waals surface area contributed by atoms with E-state index in [2.05, 4.69) is 41.8 Å². The van der Waals surface area contributed by atoms with Crippen LogP contribution in [0.25, 0.3) is 16.9 Å². The maximum atomic E-state index is 5.10. The van der Waals surface area contributed by atoms with Crippen LogP contribution in [-0.4, -0.2) is 67.7 Å². The van der Waals surface area contributed by atoms with E-state index in [0.717, 1.165) is 51.6 Å². The second kappa shape index (κ2) is 12.6. The number of H-pyrrole nitrogens is 1. The summed E-state index contributed by atoms with van der Waals surface area (Å²) in [7, 11) is 3.97. The van der Waals surface area contributed by atoms with Crippen molar-refractivity contribution >= 4 is 28.0 Å². The number of imidazole rings is 1. The van der Waals surface area contributed by atoms with Gasteiger partial charge in [-0.15, -0.1) is 0 Å². The second-order valence-electron chi connectivity index (χ2n) is 8.24. The summed E-state index contributed by atoms with van der Waals surface area (Å²) < 4.78 is 11.4. The average molecular weight is 485 g/mol. The number of hydrogen-bond donors (Lipinski definition) is 2. The molecule has 5 heterocycles. The Balaban J connectivity index is 0.000000228. The first kappa shape index (κ1) is 25.8. The van der Waals surface area contributed by atoms with Crippen LogP contribution in [0.3, 0.4) is 0 Å². The Kier molecular flexibility index (Phi) is 9.55. The van der Waals surface area contributed by atoms with Gasteiger partial charge in [-0.3, -0.25) is 9.50 Å². The standard InChI is InChI=1S/C14H13N7S.C8H17NO.C2H6/c1-8-3-12(22-20-8)19-13-14-15-6-11(10-4-16-17-5-10)21(14)7-9(2)18-13;1-9-5-3-4-8(6-9)7-10-2;1-2/h3-7H,1-2H3,(H,16,17)(H,18,19);8H,3-7H2,1-2H3;1-2H3. The highest BCUT2D eigenvalue weighted by atomic mass is 32.1. The van der Waals surface area contributed by atoms with Gasteiger partial charge in [-0.05, 0) is 63.8 Å². The molecule has 0 aromatic carbocycles. The first-order valence-corrected chi connectivity index (χ1v) is 12.5. The van der Waals surface area contributed by atoms with Crippen LogP contribution in [-0.2, 0) is 4.74 Å². The van der Waals surface area contributed by atoms with E-state index >= 15 is 0 Å². The number of fused-ring (bicyclic) bond motifs is 1. The predicted molar refractivity (Wildman–Crippen MR) is 139 cm³/mol. The number of nitrogens with zero attached hydrogens (tertiary/aromatic N) is 6. The zero-order chi connectivity index (χ0) is 24.5. The molecule has 0 saturated carbocycles. The number of aromatic nitrogens is 6. The Morgan fingerprint density at radius 3 is 2.71 bits per heavy atom. The number of ether oxygens (including phenoxy) is 1. The SMILES string of the molecule is CC.COCC1CCCN(C)C1.Cc1cc(Nc2nc(C)cn3c(-c4cn[nH]c4)cnc23)sn1. The number of likely N-dealkylation sites (tertiary alicyclic amines) is 1. The van der Waals surface area contributed by atoms with Gasteiger partial charge in [0.1, 0.15) is 5.00 Å². The topological polar surface area (TPSA) is 96.3 Å². The molecule has 1 fully saturated rings. The minimum atomic E-state index is 0.721. The monoisotopic (exact) mass is 484 g/mol. The molecule has 1 aliphatic heterocycles. The summed E-state index contributed by atoms with van der Waals surface area (Å²) in [5.74, 6) is 1.50. The van der Waals surface area contributed by atoms with Crippen molar-refractivity contribution in [3.63, 3.8) is 0 Å². The molecular formula is C24H36N8OS. The number of aromatic amines is 1. The lowest BCUT2D eigenvalue weighted by Gasteiger charge is -2.28. The van der Waals surface area contributed by atoms with Crippen molar-refractivity contribution in [3.8, 4) is 11.3 Å². The third-order valence-corrected chi connectivity index (χ3v) is 6.20. The lowest BCUT2D eigenvalue weighted by molar-refractivity contribution is 0.102. The van der Waals surface area contributed by atoms with Crippen molar-refractivity contribution in [1.82, 2.24) is 33.8 Å². The fraction of sp³-hybridized carbons (Fsp3) is 0.500. The lowest BCUT2D eigenvalue weighted by atomic mass is 10.00. The largest absolute Gasteiger partial charge is 0.384 e. The number of piperidine rings is 1. The molecular weight excluding hydrogens is 448 g/mol. The third-order valence-electron chi connectivity index (χ3n) is 5.40. The van der Waals surface area contributed by atoms with Crippen molar-refractivity contribution in [2.75, 3.05) is 39.2 Å². The highest BCUT2D eigenvalue weighted by molar-refractivity contribution is 7.10. The molecule has 0 bridgehead atoms. The van der Waals surface area contributed by atoms with Crippen LogP contribution in [0.4, 0.5) is 10.8 Å². The van der Waals surface area contributed by atoms with Gasteiger partial charge in [-0.25, -0.2) is 9.97 Å². The summed E-state index contributed by atoms with van der Waals surface area (Å²) >= 11 is 1.41. The minimum Gasteiger partial charge on any atom is -0.384 e. The number of aryl methyl sites for hydroxylation is 2. The first-order valence-electron chi connectivity index (χ1n) is 11.7. The van der Waals surface area contributed by atoms with Gasteiger partial charge >= 0.3 is 0 Å². The molecule has 1 aliphatic rings. The Morgan fingerprint density at radius 2 is 2.06 bits per heavy atom. The van der Waals surface area contributed by atoms with Crippen molar-refractivity contribution < 1.29 is 4.74 Å². The summed E-state index contributed by atoms with van der Waals surface area (Å²) in [6.07, 6.45) is 10.1. The molecule has 0 spiro atoms. The predicted octanol–water partition coefficient (Wildman–Crippen LogP) is 4.94. The van der Waals surface area contributed by atoms with E-state index in [1.807, 2.05) is 56.8 Å². The minimum absolute atomic E-state index is 0.721. The molecule has 0 radical (unpaired) electrons. The molecule has 4 aromatic heterocycles. The van der Waals surface area contributed by atoms with Crippen LogP contribution in [0.5, 0.6) is 0 Å². The molecule has 9 nitrogen and oxygen atoms in total. The molecule has 4 aromatic rings. The quantitative estimate of drug-likeness (QED) is 0.414. The van der Waals surface area contributed by atoms with E-state index in [4.69, 9.17) is 4.74 Å². The van der Waals surface area contributed by atoms with Gasteiger partial charge in [-0.2, -0.15) is 9.47 Å². The Bertz CT molecular complexity index is 1140. The van der Waals surface area contributed by atoms with Crippen LogP contribution < -0.4 is 5.32 Å². The van der Waals surface area contributed by atoms with Crippen LogP contribution in [0.1, 0.15) is 38.1 Å². The van der Waals surface area contributed by atoms with Gasteiger partial charge < -0.3 is 15.0 Å². The maximum Gasteiger partial charge on any atom is 0.180 e. The fourth-order valence-corrected chi connectivity index (χ4v) is 4.64. The van der Waals surface area contributed by atoms with Gasteiger partial charge in [0, 0.05) is 31.6 Å². The Morgan fingerprint density at radius 1 is 1.24 bits per heavy atom. The van der Waals surface area contributed by atoms with Crippen LogP contribution in [0.2, 0.25) is 0 Å². The number of nitrogens with one attached hydrogen (secondary N) is 2. The van der Waals surface area contributed by atoms with Crippen molar-refractivity contribution in [1.29, 1.82) is 0 Å². The first-order chi connectivity index (χ1) is 16.5. The molecule has 10 heteroatoms. The van der Waals surface area contributed by atoms with Gasteiger partial charge in [-0.1, -0.05) is 13.8 Å². The lowest BCUT2D eigenvalue weighted by Crippen LogP contribution is -2.33. The summed E-state index contributed by atoms with van der Waals surface area (Å²) in [5.41, 5.74) is 4.61. The van der Waals surface area contributed by atoms with Crippen molar-refractivity contribution in [3.05, 3.63) is 42.2 Å². The highest BCUT2D eigenvalue weighted by Crippen LogP contribution is 2.27. The van der Waals surface area contributed by atoms with Crippen LogP contribution in [0.15, 0.2) is 30.9 Å². The summed E-state index contributed by atoms with van der Waals surface area (Å²) in [6, 6.07) is 1.99. The Hall–Kier alpha value is -2.82. The summed E-state index contributed by atoms with van der Waals surface area (Å²) in [6.45, 7) is 11.3. The maximum absolute atomic E-state index is 5.10. The Labute approximate surface area is 205 Å². The van der Waals surface area contributed by atoms with Gasteiger partial charge in [0.15, 0.2) is 11.5 Å². The smallest absolute Gasteiger partial charge is 0.180 e. The van der Waals surface area contributed by atoms with E-state index in [0.29, 0.717) is 0 Å². The molecule has 34 heavy (non-hydrogen) atoms. The molecule has 0 amide bonds. The highest BCUT2D eigenvalue weighted by Gasteiger charge is 2.16. The molecule has 2 N–H and O–H groups in total. The molecule has 184 valence electrons.